The predicted molar refractivity (Wildman–Crippen MR) is 64.9 cm³/mol. The van der Waals surface area contributed by atoms with Gasteiger partial charge in [-0.1, -0.05) is 22.9 Å². The van der Waals surface area contributed by atoms with Crippen molar-refractivity contribution in [1.29, 1.82) is 0 Å². The van der Waals surface area contributed by atoms with E-state index in [9.17, 15) is 9.59 Å². The predicted octanol–water partition coefficient (Wildman–Crippen LogP) is 2.28. The van der Waals surface area contributed by atoms with Crippen molar-refractivity contribution in [3.8, 4) is 0 Å². The van der Waals surface area contributed by atoms with Crippen LogP contribution in [0.15, 0.2) is 0 Å². The largest absolute Gasteiger partial charge is 0.461 e. The first-order valence-electron chi connectivity index (χ1n) is 4.87. The number of aldehydes is 1. The lowest BCUT2D eigenvalue weighted by atomic mass is 10.2. The Hall–Kier alpha value is -1.40. The molecule has 0 radical (unpaired) electrons. The van der Waals surface area contributed by atoms with Gasteiger partial charge in [0.05, 0.1) is 16.9 Å². The molecule has 90 valence electrons. The second-order valence-corrected chi connectivity index (χ2v) is 4.86. The highest BCUT2D eigenvalue weighted by Crippen LogP contribution is 2.32. The maximum atomic E-state index is 11.7. The maximum Gasteiger partial charge on any atom is 0.355 e. The van der Waals surface area contributed by atoms with Crippen molar-refractivity contribution in [2.45, 2.75) is 6.92 Å². The van der Waals surface area contributed by atoms with Gasteiger partial charge in [0, 0.05) is 7.05 Å². The molecule has 0 amide bonds. The van der Waals surface area contributed by atoms with Crippen LogP contribution in [0.4, 0.5) is 0 Å². The smallest absolute Gasteiger partial charge is 0.355 e. The molecule has 7 heteroatoms. The summed E-state index contributed by atoms with van der Waals surface area (Å²) < 4.78 is 7.38. The molecule has 0 atom stereocenters. The summed E-state index contributed by atoms with van der Waals surface area (Å²) in [5.74, 6) is -0.529. The van der Waals surface area contributed by atoms with Gasteiger partial charge in [0.15, 0.2) is 16.4 Å². The summed E-state index contributed by atoms with van der Waals surface area (Å²) >= 11 is 6.95. The average Bonchev–Trinajstić information content (AvgIpc) is 2.76. The van der Waals surface area contributed by atoms with Gasteiger partial charge in [-0.2, -0.15) is 0 Å². The van der Waals surface area contributed by atoms with Gasteiger partial charge < -0.3 is 9.30 Å². The van der Waals surface area contributed by atoms with Crippen molar-refractivity contribution < 1.29 is 14.3 Å². The Morgan fingerprint density at radius 1 is 1.65 bits per heavy atom. The van der Waals surface area contributed by atoms with Crippen LogP contribution in [0.2, 0.25) is 4.47 Å². The molecule has 0 aliphatic rings. The normalized spacial score (nSPS) is 10.8. The lowest BCUT2D eigenvalue weighted by Crippen LogP contribution is -2.12. The summed E-state index contributed by atoms with van der Waals surface area (Å²) in [6.07, 6.45) is 0.628. The van der Waals surface area contributed by atoms with E-state index in [-0.39, 0.29) is 17.9 Å². The molecule has 2 heterocycles. The van der Waals surface area contributed by atoms with Crippen LogP contribution in [0.5, 0.6) is 0 Å². The van der Waals surface area contributed by atoms with E-state index in [1.807, 2.05) is 0 Å². The van der Waals surface area contributed by atoms with E-state index in [0.717, 1.165) is 0 Å². The summed E-state index contributed by atoms with van der Waals surface area (Å²) in [6.45, 7) is 1.96. The fourth-order valence-corrected chi connectivity index (χ4v) is 2.78. The second-order valence-electron chi connectivity index (χ2n) is 3.28. The van der Waals surface area contributed by atoms with E-state index in [1.165, 1.54) is 15.9 Å². The van der Waals surface area contributed by atoms with Crippen LogP contribution in [0.25, 0.3) is 10.3 Å². The molecule has 17 heavy (non-hydrogen) atoms. The van der Waals surface area contributed by atoms with Gasteiger partial charge in [0.25, 0.3) is 0 Å². The van der Waals surface area contributed by atoms with E-state index in [2.05, 4.69) is 4.98 Å². The Morgan fingerprint density at radius 3 is 2.94 bits per heavy atom. The molecule has 2 aromatic heterocycles. The topological polar surface area (TPSA) is 61.2 Å². The Balaban J connectivity index is 2.70. The number of esters is 1. The first-order chi connectivity index (χ1) is 8.10. The van der Waals surface area contributed by atoms with Crippen molar-refractivity contribution in [2.75, 3.05) is 6.61 Å². The monoisotopic (exact) mass is 272 g/mol. The number of carbonyl (C=O) groups is 2. The van der Waals surface area contributed by atoms with Crippen LogP contribution in [-0.4, -0.2) is 28.4 Å². The molecular weight excluding hydrogens is 264 g/mol. The zero-order valence-electron chi connectivity index (χ0n) is 9.19. The summed E-state index contributed by atoms with van der Waals surface area (Å²) in [4.78, 5) is 26.9. The van der Waals surface area contributed by atoms with E-state index in [1.54, 1.807) is 14.0 Å². The molecule has 0 unspecified atom stereocenters. The number of aromatic nitrogens is 2. The minimum Gasteiger partial charge on any atom is -0.461 e. The number of aryl methyl sites for hydroxylation is 1. The van der Waals surface area contributed by atoms with Gasteiger partial charge in [-0.3, -0.25) is 4.79 Å². The Bertz CT molecular complexity index is 602. The van der Waals surface area contributed by atoms with E-state index < -0.39 is 5.97 Å². The Morgan fingerprint density at radius 2 is 2.35 bits per heavy atom. The minimum atomic E-state index is -0.529. The fraction of sp³-hybridized carbons (Fsp3) is 0.300. The number of rotatable bonds is 3. The average molecular weight is 273 g/mol. The molecule has 0 bridgehead atoms. The Kier molecular flexibility index (Phi) is 3.17. The van der Waals surface area contributed by atoms with Gasteiger partial charge in [-0.25, -0.2) is 9.78 Å². The van der Waals surface area contributed by atoms with E-state index in [4.69, 9.17) is 16.3 Å². The molecule has 0 aliphatic carbocycles. The van der Waals surface area contributed by atoms with Crippen LogP contribution in [0.3, 0.4) is 0 Å². The highest BCUT2D eigenvalue weighted by Gasteiger charge is 2.24. The molecular formula is C10H9ClN2O3S. The molecule has 0 spiro atoms. The minimum absolute atomic E-state index is 0.215. The van der Waals surface area contributed by atoms with Crippen molar-refractivity contribution in [3.63, 3.8) is 0 Å². The molecule has 2 rings (SSSR count). The van der Waals surface area contributed by atoms with Crippen LogP contribution in [0.1, 0.15) is 27.8 Å². The summed E-state index contributed by atoms with van der Waals surface area (Å²) in [6, 6.07) is 0. The molecule has 0 saturated carbocycles. The summed E-state index contributed by atoms with van der Waals surface area (Å²) in [5.41, 5.74) is 1.02. The maximum absolute atomic E-state index is 11.7. The lowest BCUT2D eigenvalue weighted by molar-refractivity contribution is 0.0513. The first-order valence-corrected chi connectivity index (χ1v) is 6.06. The van der Waals surface area contributed by atoms with Crippen LogP contribution < -0.4 is 0 Å². The molecule has 0 N–H and O–H groups in total. The van der Waals surface area contributed by atoms with E-state index in [0.29, 0.717) is 21.1 Å². The van der Waals surface area contributed by atoms with Gasteiger partial charge in [-0.05, 0) is 6.92 Å². The third kappa shape index (κ3) is 1.83. The van der Waals surface area contributed by atoms with Gasteiger partial charge >= 0.3 is 5.97 Å². The number of fused-ring (bicyclic) bond motifs is 1. The van der Waals surface area contributed by atoms with Crippen molar-refractivity contribution in [1.82, 2.24) is 9.55 Å². The van der Waals surface area contributed by atoms with Crippen LogP contribution in [0, 0.1) is 0 Å². The van der Waals surface area contributed by atoms with Crippen molar-refractivity contribution >= 4 is 45.5 Å². The summed E-state index contributed by atoms with van der Waals surface area (Å²) in [7, 11) is 1.65. The second kappa shape index (κ2) is 4.46. The van der Waals surface area contributed by atoms with Crippen molar-refractivity contribution in [2.24, 2.45) is 7.05 Å². The number of thiazole rings is 1. The number of hydrogen-bond donors (Lipinski definition) is 0. The SMILES string of the molecule is CCOC(=O)c1c(C=O)c2sc(Cl)nc2n1C. The molecule has 2 aromatic rings. The molecule has 0 saturated heterocycles. The van der Waals surface area contributed by atoms with Crippen LogP contribution in [-0.2, 0) is 11.8 Å². The standard InChI is InChI=1S/C10H9ClN2O3S/c1-3-16-9(15)6-5(4-14)7-8(13(6)2)12-10(11)17-7/h4H,3H2,1-2H3. The highest BCUT2D eigenvalue weighted by atomic mass is 35.5. The van der Waals surface area contributed by atoms with E-state index >= 15 is 0 Å². The first kappa shape index (κ1) is 12.1. The number of nitrogens with zero attached hydrogens (tertiary/aromatic N) is 2. The quantitative estimate of drug-likeness (QED) is 0.635. The van der Waals surface area contributed by atoms with Crippen molar-refractivity contribution in [3.05, 3.63) is 15.7 Å². The Labute approximate surface area is 106 Å². The third-order valence-corrected chi connectivity index (χ3v) is 3.50. The molecule has 0 aromatic carbocycles. The molecule has 0 fully saturated rings. The van der Waals surface area contributed by atoms with Gasteiger partial charge in [0.1, 0.15) is 5.69 Å². The third-order valence-electron chi connectivity index (χ3n) is 2.32. The number of carbonyl (C=O) groups excluding carboxylic acids is 2. The number of halogens is 1. The highest BCUT2D eigenvalue weighted by molar-refractivity contribution is 7.22. The zero-order chi connectivity index (χ0) is 12.6. The lowest BCUT2D eigenvalue weighted by Gasteiger charge is -2.03. The van der Waals surface area contributed by atoms with Gasteiger partial charge in [0.2, 0.25) is 0 Å². The molecule has 5 nitrogen and oxygen atoms in total. The zero-order valence-corrected chi connectivity index (χ0v) is 10.8. The number of ether oxygens (including phenoxy) is 1. The van der Waals surface area contributed by atoms with Crippen LogP contribution >= 0.6 is 22.9 Å². The van der Waals surface area contributed by atoms with Gasteiger partial charge in [-0.15, -0.1) is 0 Å². The molecule has 0 aliphatic heterocycles. The summed E-state index contributed by atoms with van der Waals surface area (Å²) in [5, 5.41) is 0. The fourth-order valence-electron chi connectivity index (χ4n) is 1.64. The number of hydrogen-bond acceptors (Lipinski definition) is 5.